The van der Waals surface area contributed by atoms with Crippen LogP contribution in [0, 0.1) is 25.5 Å². The first-order valence-corrected chi connectivity index (χ1v) is 15.7. The van der Waals surface area contributed by atoms with Crippen LogP contribution in [0.25, 0.3) is 5.69 Å². The molecule has 2 aliphatic rings. The van der Waals surface area contributed by atoms with Gasteiger partial charge in [0.2, 0.25) is 0 Å². The Balaban J connectivity index is 0.00000486. The van der Waals surface area contributed by atoms with Crippen molar-refractivity contribution in [3.8, 4) is 11.4 Å². The number of benzene rings is 3. The molecule has 2 aliphatic heterocycles. The number of carbonyl (C=O) groups excluding carboxylic acids is 2. The van der Waals surface area contributed by atoms with Crippen LogP contribution >= 0.6 is 0 Å². The number of urea groups is 1. The van der Waals surface area contributed by atoms with Gasteiger partial charge in [0, 0.05) is 37.0 Å². The fourth-order valence-corrected chi connectivity index (χ4v) is 6.46. The summed E-state index contributed by atoms with van der Waals surface area (Å²) < 4.78 is 36.3. The van der Waals surface area contributed by atoms with Crippen molar-refractivity contribution < 1.29 is 45.6 Å². The summed E-state index contributed by atoms with van der Waals surface area (Å²) in [5.74, 6) is -1.75. The number of tetrazole rings is 1. The molecule has 1 unspecified atom stereocenters. The molecule has 1 aromatic heterocycles. The predicted molar refractivity (Wildman–Crippen MR) is 174 cm³/mol. The van der Waals surface area contributed by atoms with Gasteiger partial charge < -0.3 is 37.8 Å². The van der Waals surface area contributed by atoms with Gasteiger partial charge in [-0.1, -0.05) is 17.2 Å². The number of rotatable bonds is 11. The number of quaternary nitrogens is 1. The van der Waals surface area contributed by atoms with E-state index in [1.165, 1.54) is 22.0 Å². The first-order valence-electron chi connectivity index (χ1n) is 15.7. The first-order chi connectivity index (χ1) is 23.5. The fourth-order valence-electron chi connectivity index (χ4n) is 6.46. The fraction of sp³-hybridized carbons (Fsp3) is 0.333. The van der Waals surface area contributed by atoms with E-state index in [4.69, 9.17) is 10.5 Å². The predicted octanol–water partition coefficient (Wildman–Crippen LogP) is -1.75. The quantitative estimate of drug-likeness (QED) is 0.121. The Bertz CT molecular complexity index is 1860. The molecule has 3 heterocycles. The van der Waals surface area contributed by atoms with E-state index in [2.05, 4.69) is 20.6 Å². The van der Waals surface area contributed by atoms with Gasteiger partial charge >= 0.3 is 12.0 Å². The zero-order chi connectivity index (χ0) is 34.9. The number of halogens is 3. The van der Waals surface area contributed by atoms with Crippen molar-refractivity contribution >= 4 is 24.0 Å². The average molecular weight is 711 g/mol. The van der Waals surface area contributed by atoms with Crippen molar-refractivity contribution in [1.82, 2.24) is 30.0 Å². The van der Waals surface area contributed by atoms with Crippen LogP contribution in [-0.4, -0.2) is 92.3 Å². The second-order valence-corrected chi connectivity index (χ2v) is 12.3. The van der Waals surface area contributed by atoms with Gasteiger partial charge in [-0.2, -0.15) is 5.01 Å². The normalized spacial score (nSPS) is 17.5. The number of nitrogens with zero attached hydrogens (tertiary/aromatic N) is 8. The molecule has 0 aliphatic carbocycles. The van der Waals surface area contributed by atoms with Gasteiger partial charge in [0.1, 0.15) is 30.3 Å². The van der Waals surface area contributed by atoms with Crippen LogP contribution in [0.5, 0.6) is 5.75 Å². The van der Waals surface area contributed by atoms with Crippen LogP contribution < -0.4 is 32.8 Å². The van der Waals surface area contributed by atoms with Gasteiger partial charge in [-0.25, -0.2) is 18.3 Å². The minimum atomic E-state index is -1.95. The van der Waals surface area contributed by atoms with Crippen LogP contribution in [0.3, 0.4) is 0 Å². The van der Waals surface area contributed by atoms with Gasteiger partial charge in [-0.3, -0.25) is 9.69 Å². The summed E-state index contributed by atoms with van der Waals surface area (Å²) in [7, 11) is 0. The lowest BCUT2D eigenvalue weighted by molar-refractivity contribution is -0.915. The smallest absolute Gasteiger partial charge is 0.325 e. The topological polar surface area (TPSA) is 160 Å². The van der Waals surface area contributed by atoms with E-state index in [0.717, 1.165) is 28.8 Å². The molecule has 3 atom stereocenters. The maximum atomic E-state index is 15.4. The molecule has 1 fully saturated rings. The molecular weight excluding hydrogens is 674 g/mol. The number of anilines is 1. The number of nitrogens with two attached hydrogens (primary N) is 1. The molecule has 0 saturated carbocycles. The number of aliphatic hydroxyl groups is 1. The summed E-state index contributed by atoms with van der Waals surface area (Å²) >= 11 is 0. The van der Waals surface area contributed by atoms with Crippen LogP contribution in [0.2, 0.25) is 0 Å². The Kier molecular flexibility index (Phi) is 10.8. The SMILES string of the molecule is Cc1cc(CN2C=N[NH+](C[C@](O)(c3ccc(F)cc3F)[C@@H](C)N3CCN(c4ccc(-n5cnnn5)cc4)C3=O)C2)cc(C)c1OC(=O)CN.[Cl-]. The average Bonchev–Trinajstić information content (AvgIpc) is 3.84. The molecule has 17 heteroatoms. The van der Waals surface area contributed by atoms with Crippen molar-refractivity contribution in [1.29, 1.82) is 0 Å². The lowest BCUT2D eigenvalue weighted by atomic mass is 9.85. The lowest BCUT2D eigenvalue weighted by Gasteiger charge is -2.39. The number of esters is 1. The molecule has 1 saturated heterocycles. The van der Waals surface area contributed by atoms with Gasteiger partial charge in [-0.15, -0.1) is 5.10 Å². The van der Waals surface area contributed by atoms with Crippen molar-refractivity contribution in [2.45, 2.75) is 39.0 Å². The van der Waals surface area contributed by atoms with Gasteiger partial charge in [0.15, 0.2) is 18.6 Å². The van der Waals surface area contributed by atoms with Crippen molar-refractivity contribution in [2.75, 3.05) is 37.7 Å². The number of ether oxygens (including phenoxy) is 1. The largest absolute Gasteiger partial charge is 1.00 e. The molecule has 0 radical (unpaired) electrons. The van der Waals surface area contributed by atoms with E-state index < -0.39 is 29.2 Å². The molecule has 3 aromatic carbocycles. The molecule has 4 N–H and O–H groups in total. The Labute approximate surface area is 293 Å². The number of carbonyl (C=O) groups is 2. The van der Waals surface area contributed by atoms with Crippen LogP contribution in [0.1, 0.15) is 29.2 Å². The second-order valence-electron chi connectivity index (χ2n) is 12.3. The molecule has 0 spiro atoms. The molecule has 50 heavy (non-hydrogen) atoms. The highest BCUT2D eigenvalue weighted by molar-refractivity contribution is 5.94. The summed E-state index contributed by atoms with van der Waals surface area (Å²) in [6, 6.07) is 12.7. The summed E-state index contributed by atoms with van der Waals surface area (Å²) in [6.07, 6.45) is 3.11. The van der Waals surface area contributed by atoms with Gasteiger partial charge in [-0.05, 0) is 84.3 Å². The zero-order valence-corrected chi connectivity index (χ0v) is 28.4. The third kappa shape index (κ3) is 7.28. The van der Waals surface area contributed by atoms with Crippen molar-refractivity contribution in [3.05, 3.63) is 94.8 Å². The Morgan fingerprint density at radius 1 is 1.08 bits per heavy atom. The van der Waals surface area contributed by atoms with E-state index in [-0.39, 0.29) is 43.6 Å². The molecule has 0 bridgehead atoms. The molecular formula is C33H37ClF2N10O4. The van der Waals surface area contributed by atoms with E-state index in [9.17, 15) is 19.1 Å². The minimum absolute atomic E-state index is 0. The highest BCUT2D eigenvalue weighted by Gasteiger charge is 2.49. The number of hydrogen-bond donors (Lipinski definition) is 3. The monoisotopic (exact) mass is 710 g/mol. The highest BCUT2D eigenvalue weighted by Crippen LogP contribution is 2.33. The third-order valence-electron chi connectivity index (χ3n) is 8.92. The Morgan fingerprint density at radius 2 is 1.78 bits per heavy atom. The van der Waals surface area contributed by atoms with E-state index in [1.807, 2.05) is 30.9 Å². The van der Waals surface area contributed by atoms with Gasteiger partial charge in [0.05, 0.1) is 18.3 Å². The van der Waals surface area contributed by atoms with Crippen molar-refractivity contribution in [2.24, 2.45) is 10.8 Å². The van der Waals surface area contributed by atoms with Crippen LogP contribution in [0.15, 0.2) is 66.0 Å². The lowest BCUT2D eigenvalue weighted by Crippen LogP contribution is -3.09. The van der Waals surface area contributed by atoms with Crippen LogP contribution in [-0.2, 0) is 16.9 Å². The Morgan fingerprint density at radius 3 is 2.42 bits per heavy atom. The van der Waals surface area contributed by atoms with E-state index >= 15 is 4.39 Å². The molecule has 6 rings (SSSR count). The maximum Gasteiger partial charge on any atom is 0.325 e. The summed E-state index contributed by atoms with van der Waals surface area (Å²) in [6.45, 7) is 6.40. The Hall–Kier alpha value is -5.03. The van der Waals surface area contributed by atoms with Crippen LogP contribution in [0.4, 0.5) is 19.3 Å². The van der Waals surface area contributed by atoms with Crippen molar-refractivity contribution in [3.63, 3.8) is 0 Å². The number of aryl methyl sites for hydroxylation is 2. The maximum absolute atomic E-state index is 15.4. The summed E-state index contributed by atoms with van der Waals surface area (Å²) in [5.41, 5.74) is 7.16. The highest BCUT2D eigenvalue weighted by atomic mass is 35.5. The third-order valence-corrected chi connectivity index (χ3v) is 8.92. The summed E-state index contributed by atoms with van der Waals surface area (Å²) in [5, 5.41) is 28.6. The first kappa shape index (κ1) is 36.3. The number of aromatic nitrogens is 4. The number of hydrogen-bond acceptors (Lipinski definition) is 10. The van der Waals surface area contributed by atoms with E-state index in [0.29, 0.717) is 41.9 Å². The number of amides is 2. The molecule has 264 valence electrons. The summed E-state index contributed by atoms with van der Waals surface area (Å²) in [4.78, 5) is 30.6. The van der Waals surface area contributed by atoms with Gasteiger partial charge in [0.25, 0.3) is 0 Å². The molecule has 14 nitrogen and oxygen atoms in total. The molecule has 2 amide bonds. The standard InChI is InChI=1S/C33H36F2N10O4.ClH/c1-21-12-24(13-22(2)31(21)49-30(46)15-36)16-41-19-38-42(20-41)17-33(48,28-9-4-25(34)14-29(28)35)23(3)43-10-11-44(32(43)47)26-5-7-27(8-6-26)45-18-37-39-40-45;/h4-9,12-14,18-19,23,48H,10-11,15-17,20,36H2,1-3H3;1H/t23-,33-;/m1./s1. The minimum Gasteiger partial charge on any atom is -1.00 e. The zero-order valence-electron chi connectivity index (χ0n) is 27.6. The number of nitrogens with one attached hydrogen (secondary N) is 1. The van der Waals surface area contributed by atoms with E-state index in [1.54, 1.807) is 42.4 Å². The second kappa shape index (κ2) is 14.8. The molecule has 4 aromatic rings.